The van der Waals surface area contributed by atoms with Gasteiger partial charge < -0.3 is 25.3 Å². The number of piperidine rings is 1. The lowest BCUT2D eigenvalue weighted by Crippen LogP contribution is -2.64. The Kier molecular flexibility index (Phi) is 44.4. The lowest BCUT2D eigenvalue weighted by molar-refractivity contribution is -0.137. The standard InChI is InChI=1S/2C17H27N.C16H24N2O.C16H25N.C13H27N.C12H24N2O.C12H25N.7CH4/c1-16(2,3)15-14-10-8-7-9-13(14)11-12-18(15)17(4,5)6;1-16(2,3)15-12-11-13-9-7-8-10-14(13)18(15)17(4,5)6;1-15(2,3)13-14(19)17-11-9-7-8-10-12(11)18(13)16(4,5)6;1-15(2,3)14-11-12-9-7-8-10-13(12)17(14)16(4,5)6;1-12(2,3)11-9-7-8-10-14(11)13(4,5)6;1-11(2,3)9-10(15)13-7-8-14(9)12(4,5)6;1-11(2,3)10-8-7-9-13(10)12(4,5)6;;;;;;;/h2*7-10,15H,11-12H2,1-6H3;7-10,13H,1-6H3,(H,17,19);7-10,14H,11H2,1-6H3;11H,7-10H2,1-6H3;9H,7-8H2,1-6H3,(H,13,15);10H,7-9H2,1-6H3;7*1H4. The molecule has 3 fully saturated rings. The highest BCUT2D eigenvalue weighted by atomic mass is 16.2. The van der Waals surface area contributed by atoms with Crippen LogP contribution in [0.5, 0.6) is 0 Å². The molecule has 7 atom stereocenters. The zero-order valence-electron chi connectivity index (χ0n) is 82.1. The fourth-order valence-corrected chi connectivity index (χ4v) is 19.5. The van der Waals surface area contributed by atoms with Gasteiger partial charge in [-0.1, -0.05) is 277 Å². The van der Waals surface area contributed by atoms with Crippen LogP contribution in [-0.4, -0.2) is 139 Å². The number of carbonyl (C=O) groups is 2. The van der Waals surface area contributed by atoms with E-state index in [1.165, 1.54) is 111 Å². The zero-order valence-corrected chi connectivity index (χ0v) is 82.1. The molecule has 121 heavy (non-hydrogen) atoms. The van der Waals surface area contributed by atoms with Crippen LogP contribution in [0.3, 0.4) is 0 Å². The normalized spacial score (nSPS) is 21.4. The highest BCUT2D eigenvalue weighted by Crippen LogP contribution is 2.49. The van der Waals surface area contributed by atoms with Gasteiger partial charge in [-0.2, -0.15) is 0 Å². The Morgan fingerprint density at radius 1 is 0.273 bits per heavy atom. The average Bonchev–Trinajstić information content (AvgIpc) is 1.44. The van der Waals surface area contributed by atoms with Crippen molar-refractivity contribution < 1.29 is 9.59 Å². The Labute approximate surface area is 756 Å². The first-order valence-corrected chi connectivity index (χ1v) is 44.7. The summed E-state index contributed by atoms with van der Waals surface area (Å²) in [5, 5.41) is 6.00. The predicted octanol–water partition coefficient (Wildman–Crippen LogP) is 30.1. The summed E-state index contributed by atoms with van der Waals surface area (Å²) < 4.78 is 0. The minimum absolute atomic E-state index is 0. The molecule has 7 aliphatic heterocycles. The minimum atomic E-state index is -0.164. The van der Waals surface area contributed by atoms with Crippen LogP contribution in [0.15, 0.2) is 97.1 Å². The van der Waals surface area contributed by atoms with Gasteiger partial charge in [0.1, 0.15) is 6.04 Å². The first-order valence-electron chi connectivity index (χ1n) is 44.7. The van der Waals surface area contributed by atoms with Gasteiger partial charge in [0.25, 0.3) is 0 Å². The number of hydrogen-bond donors (Lipinski definition) is 2. The van der Waals surface area contributed by atoms with Gasteiger partial charge in [0.2, 0.25) is 11.8 Å². The summed E-state index contributed by atoms with van der Waals surface area (Å²) in [6.45, 7) is 102. The van der Waals surface area contributed by atoms with Gasteiger partial charge in [0, 0.05) is 100.0 Å². The maximum absolute atomic E-state index is 12.5. The fraction of sp³-hybridized carbons (Fsp3) is 0.764. The SMILES string of the molecule is C.C.C.C.C.C.C.CC(C)(C)C1C(=O)NCCN1C(C)(C)C.CC(C)(C)C1C(=O)Nc2ccccc2N1C(C)(C)C.CC(C)(C)C1CCCCN1C(C)(C)C.CC(C)(C)C1CCCN1C(C)(C)C.CC(C)(C)C1CCc2ccccc2N1C(C)(C)C.CC(C)(C)C1Cc2ccccc2N1C(C)(C)C.CC(C)(C)C1c2ccccc2CCN1C(C)(C)C. The van der Waals surface area contributed by atoms with Crippen LogP contribution in [0.25, 0.3) is 0 Å². The second-order valence-electron chi connectivity index (χ2n) is 49.3. The molecule has 11 rings (SSSR count). The summed E-state index contributed by atoms with van der Waals surface area (Å²) in [6.07, 6.45) is 11.7. The zero-order chi connectivity index (χ0) is 87.5. The van der Waals surface area contributed by atoms with E-state index >= 15 is 0 Å². The van der Waals surface area contributed by atoms with Crippen molar-refractivity contribution in [2.24, 2.45) is 37.9 Å². The van der Waals surface area contributed by atoms with Gasteiger partial charge in [-0.25, -0.2) is 0 Å². The van der Waals surface area contributed by atoms with E-state index in [1.54, 1.807) is 0 Å². The number of piperazine rings is 1. The Morgan fingerprint density at radius 3 is 1.01 bits per heavy atom. The largest absolute Gasteiger partial charge is 0.363 e. The first kappa shape index (κ1) is 120. The van der Waals surface area contributed by atoms with Crippen molar-refractivity contribution in [1.29, 1.82) is 0 Å². The smallest absolute Gasteiger partial charge is 0.247 e. The fourth-order valence-electron chi connectivity index (χ4n) is 19.5. The van der Waals surface area contributed by atoms with Crippen LogP contribution in [0.4, 0.5) is 22.7 Å². The monoisotopic (exact) mass is 1690 g/mol. The minimum Gasteiger partial charge on any atom is -0.363 e. The molecule has 7 heterocycles. The van der Waals surface area contributed by atoms with Gasteiger partial charge in [0.05, 0.1) is 17.4 Å². The predicted molar refractivity (Wildman–Crippen MR) is 548 cm³/mol. The molecule has 0 aliphatic carbocycles. The van der Waals surface area contributed by atoms with Crippen LogP contribution >= 0.6 is 0 Å². The number of likely N-dealkylation sites (tertiary alicyclic amines) is 2. The van der Waals surface area contributed by atoms with Crippen molar-refractivity contribution in [3.05, 3.63) is 119 Å². The number of nitrogens with zero attached hydrogens (tertiary/aromatic N) is 7. The third-order valence-electron chi connectivity index (χ3n) is 24.5. The molecule has 2 amide bonds. The van der Waals surface area contributed by atoms with E-state index in [0.717, 1.165) is 36.5 Å². The average molecular weight is 1690 g/mol. The molecule has 11 heteroatoms. The van der Waals surface area contributed by atoms with Crippen LogP contribution in [-0.2, 0) is 28.9 Å². The van der Waals surface area contributed by atoms with Gasteiger partial charge in [-0.3, -0.25) is 29.2 Å². The third kappa shape index (κ3) is 32.7. The van der Waals surface area contributed by atoms with Crippen molar-refractivity contribution in [1.82, 2.24) is 24.9 Å². The molecule has 0 bridgehead atoms. The van der Waals surface area contributed by atoms with Crippen molar-refractivity contribution in [2.75, 3.05) is 52.7 Å². The highest BCUT2D eigenvalue weighted by molar-refractivity contribution is 6.04. The van der Waals surface area contributed by atoms with Crippen LogP contribution in [0, 0.1) is 37.9 Å². The van der Waals surface area contributed by atoms with Crippen LogP contribution in [0.1, 0.15) is 410 Å². The summed E-state index contributed by atoms with van der Waals surface area (Å²) in [7, 11) is 0. The lowest BCUT2D eigenvalue weighted by Gasteiger charge is -2.52. The lowest BCUT2D eigenvalue weighted by atomic mass is 9.75. The van der Waals surface area contributed by atoms with E-state index in [0.29, 0.717) is 50.9 Å². The molecule has 4 aromatic carbocycles. The quantitative estimate of drug-likeness (QED) is 0.179. The number of nitrogens with one attached hydrogen (secondary N) is 2. The number of benzene rings is 4. The molecule has 0 spiro atoms. The Hall–Kier alpha value is -4.94. The number of hydrogen-bond acceptors (Lipinski definition) is 9. The summed E-state index contributed by atoms with van der Waals surface area (Å²) >= 11 is 0. The second-order valence-corrected chi connectivity index (χ2v) is 49.3. The number of rotatable bonds is 0. The number of anilines is 4. The van der Waals surface area contributed by atoms with E-state index in [-0.39, 0.29) is 120 Å². The van der Waals surface area contributed by atoms with E-state index < -0.39 is 0 Å². The Morgan fingerprint density at radius 2 is 0.620 bits per heavy atom. The number of carbonyl (C=O) groups excluding carboxylic acids is 2. The molecule has 0 radical (unpaired) electrons. The Bertz CT molecular complexity index is 3540. The maximum Gasteiger partial charge on any atom is 0.247 e. The van der Waals surface area contributed by atoms with Gasteiger partial charge in [-0.15, -0.1) is 0 Å². The molecular weight excluding hydrogens is 1480 g/mol. The summed E-state index contributed by atoms with van der Waals surface area (Å²) in [5.41, 5.74) is 13.8. The van der Waals surface area contributed by atoms with Crippen molar-refractivity contribution in [2.45, 2.75) is 482 Å². The molecule has 704 valence electrons. The highest BCUT2D eigenvalue weighted by Gasteiger charge is 2.49. The van der Waals surface area contributed by atoms with Gasteiger partial charge >= 0.3 is 0 Å². The number of amides is 2. The van der Waals surface area contributed by atoms with E-state index in [2.05, 4.69) is 415 Å². The molecule has 4 aromatic rings. The molecule has 11 nitrogen and oxygen atoms in total. The van der Waals surface area contributed by atoms with Crippen molar-refractivity contribution in [3.63, 3.8) is 0 Å². The first-order chi connectivity index (χ1) is 51.3. The van der Waals surface area contributed by atoms with Crippen LogP contribution < -0.4 is 25.3 Å². The number of fused-ring (bicyclic) bond motifs is 4. The molecule has 7 aliphatic rings. The Balaban J connectivity index is -0.00000133. The maximum atomic E-state index is 12.5. The van der Waals surface area contributed by atoms with Crippen molar-refractivity contribution >= 4 is 34.6 Å². The number of aryl methyl sites for hydroxylation is 1. The second kappa shape index (κ2) is 44.7. The van der Waals surface area contributed by atoms with Crippen molar-refractivity contribution in [3.8, 4) is 0 Å². The third-order valence-corrected chi connectivity index (χ3v) is 24.5. The summed E-state index contributed by atoms with van der Waals surface area (Å²) in [5.74, 6) is 0.254. The molecule has 2 N–H and O–H groups in total. The van der Waals surface area contributed by atoms with E-state index in [1.807, 2.05) is 18.2 Å². The topological polar surface area (TPSA) is 80.9 Å². The summed E-state index contributed by atoms with van der Waals surface area (Å²) in [4.78, 5) is 42.3. The van der Waals surface area contributed by atoms with E-state index in [4.69, 9.17) is 0 Å². The number of para-hydroxylation sites is 4. The molecule has 7 unspecified atom stereocenters. The summed E-state index contributed by atoms with van der Waals surface area (Å²) in [6, 6.07) is 37.8. The van der Waals surface area contributed by atoms with E-state index in [9.17, 15) is 9.59 Å². The van der Waals surface area contributed by atoms with Gasteiger partial charge in [-0.05, 0) is 294 Å². The molecule has 0 saturated carbocycles. The molecule has 0 aromatic heterocycles. The molecular formula is C110H207N9O2. The molecule has 3 saturated heterocycles. The van der Waals surface area contributed by atoms with Gasteiger partial charge in [0.15, 0.2) is 0 Å². The van der Waals surface area contributed by atoms with Crippen LogP contribution in [0.2, 0.25) is 0 Å².